The monoisotopic (exact) mass is 379 g/mol. The molecule has 0 bridgehead atoms. The van der Waals surface area contributed by atoms with Crippen LogP contribution in [0.5, 0.6) is 0 Å². The summed E-state index contributed by atoms with van der Waals surface area (Å²) in [7, 11) is 0. The highest BCUT2D eigenvalue weighted by molar-refractivity contribution is 6.20. The van der Waals surface area contributed by atoms with Crippen LogP contribution in [0.15, 0.2) is 24.3 Å². The average Bonchev–Trinajstić information content (AvgIpc) is 2.92. The summed E-state index contributed by atoms with van der Waals surface area (Å²) in [4.78, 5) is 39.8. The van der Waals surface area contributed by atoms with Crippen molar-refractivity contribution in [1.82, 2.24) is 5.06 Å². The molecule has 8 nitrogen and oxygen atoms in total. The molecule has 2 amide bonds. The van der Waals surface area contributed by atoms with Crippen LogP contribution in [0, 0.1) is 0 Å². The van der Waals surface area contributed by atoms with Crippen molar-refractivity contribution in [2.45, 2.75) is 25.9 Å². The Bertz CT molecular complexity index is 599. The van der Waals surface area contributed by atoms with Gasteiger partial charge in [-0.2, -0.15) is 0 Å². The number of fused-ring (bicyclic) bond motifs is 1. The normalized spacial score (nSPS) is 14.5. The molecule has 0 aliphatic carbocycles. The minimum Gasteiger partial charge on any atom is -0.376 e. The molecule has 0 spiro atoms. The van der Waals surface area contributed by atoms with Crippen LogP contribution < -0.4 is 0 Å². The van der Waals surface area contributed by atoms with E-state index < -0.39 is 11.8 Å². The lowest BCUT2D eigenvalue weighted by atomic mass is 10.1. The first-order chi connectivity index (χ1) is 13.2. The summed E-state index contributed by atoms with van der Waals surface area (Å²) in [5, 5.41) is 0.781. The molecule has 1 atom stereocenters. The Balaban J connectivity index is 1.67. The Kier molecular flexibility index (Phi) is 9.06. The highest BCUT2D eigenvalue weighted by Crippen LogP contribution is 2.22. The molecule has 0 saturated carbocycles. The Morgan fingerprint density at radius 2 is 1.67 bits per heavy atom. The molecule has 0 radical (unpaired) electrons. The van der Waals surface area contributed by atoms with Gasteiger partial charge in [0.1, 0.15) is 12.9 Å². The minimum atomic E-state index is -0.459. The Morgan fingerprint density at radius 1 is 1.00 bits per heavy atom. The summed E-state index contributed by atoms with van der Waals surface area (Å²) in [6.45, 7) is 3.53. The molecule has 1 heterocycles. The van der Waals surface area contributed by atoms with Gasteiger partial charge in [0.25, 0.3) is 11.8 Å². The SMILES string of the molecule is CCCC(COCCOCC=O)OCCON1C(=O)c2ccccc2C1=O. The van der Waals surface area contributed by atoms with Crippen molar-refractivity contribution in [2.75, 3.05) is 39.6 Å². The second-order valence-electron chi connectivity index (χ2n) is 5.88. The number of hydroxylamine groups is 2. The number of hydrogen-bond donors (Lipinski definition) is 0. The number of carbonyl (C=O) groups is 3. The number of aldehydes is 1. The summed E-state index contributed by atoms with van der Waals surface area (Å²) in [5.41, 5.74) is 0.690. The van der Waals surface area contributed by atoms with Crippen molar-refractivity contribution in [3.05, 3.63) is 35.4 Å². The van der Waals surface area contributed by atoms with E-state index in [0.717, 1.165) is 17.9 Å². The molecule has 0 N–H and O–H groups in total. The van der Waals surface area contributed by atoms with Gasteiger partial charge >= 0.3 is 0 Å². The molecular weight excluding hydrogens is 354 g/mol. The Hall–Kier alpha value is -2.13. The van der Waals surface area contributed by atoms with Crippen molar-refractivity contribution < 1.29 is 33.4 Å². The summed E-state index contributed by atoms with van der Waals surface area (Å²) < 4.78 is 16.2. The molecule has 1 aromatic rings. The van der Waals surface area contributed by atoms with Gasteiger partial charge in [0.15, 0.2) is 0 Å². The lowest BCUT2D eigenvalue weighted by Crippen LogP contribution is -2.32. The zero-order valence-electron chi connectivity index (χ0n) is 15.4. The first-order valence-corrected chi connectivity index (χ1v) is 9.00. The molecule has 1 aliphatic rings. The van der Waals surface area contributed by atoms with Crippen LogP contribution >= 0.6 is 0 Å². The molecule has 1 aliphatic heterocycles. The highest BCUT2D eigenvalue weighted by Gasteiger charge is 2.36. The van der Waals surface area contributed by atoms with E-state index in [1.165, 1.54) is 0 Å². The fourth-order valence-electron chi connectivity index (χ4n) is 2.63. The van der Waals surface area contributed by atoms with Crippen LogP contribution in [0.3, 0.4) is 0 Å². The smallest absolute Gasteiger partial charge is 0.285 e. The van der Waals surface area contributed by atoms with E-state index in [9.17, 15) is 14.4 Å². The molecule has 0 fully saturated rings. The van der Waals surface area contributed by atoms with Gasteiger partial charge in [0.2, 0.25) is 0 Å². The molecule has 8 heteroatoms. The lowest BCUT2D eigenvalue weighted by molar-refractivity contribution is -0.119. The van der Waals surface area contributed by atoms with Gasteiger partial charge in [-0.15, -0.1) is 5.06 Å². The number of carbonyl (C=O) groups excluding carboxylic acids is 3. The highest BCUT2D eigenvalue weighted by atomic mass is 16.7. The molecule has 1 unspecified atom stereocenters. The largest absolute Gasteiger partial charge is 0.376 e. The standard InChI is InChI=1S/C19H25NO7/c1-2-5-15(14-25-11-10-24-9-8-21)26-12-13-27-20-18(22)16-6-3-4-7-17(16)19(20)23/h3-4,6-8,15H,2,5,9-14H2,1H3. The number of benzene rings is 1. The van der Waals surface area contributed by atoms with Crippen molar-refractivity contribution >= 4 is 18.1 Å². The molecule has 2 rings (SSSR count). The fraction of sp³-hybridized carbons (Fsp3) is 0.526. The van der Waals surface area contributed by atoms with Crippen LogP contribution in [0.2, 0.25) is 0 Å². The van der Waals surface area contributed by atoms with Crippen LogP contribution in [-0.2, 0) is 23.8 Å². The van der Waals surface area contributed by atoms with Crippen LogP contribution in [-0.4, -0.2) is 68.9 Å². The summed E-state index contributed by atoms with van der Waals surface area (Å²) in [5.74, 6) is -0.918. The quantitative estimate of drug-likeness (QED) is 0.276. The van der Waals surface area contributed by atoms with Gasteiger partial charge in [0.05, 0.1) is 50.3 Å². The van der Waals surface area contributed by atoms with Gasteiger partial charge in [0, 0.05) is 0 Å². The molecule has 148 valence electrons. The van der Waals surface area contributed by atoms with Crippen LogP contribution in [0.25, 0.3) is 0 Å². The van der Waals surface area contributed by atoms with Crippen LogP contribution in [0.1, 0.15) is 40.5 Å². The first-order valence-electron chi connectivity index (χ1n) is 9.00. The maximum Gasteiger partial charge on any atom is 0.285 e. The van der Waals surface area contributed by atoms with Gasteiger partial charge in [-0.3, -0.25) is 14.4 Å². The lowest BCUT2D eigenvalue weighted by Gasteiger charge is -2.19. The summed E-state index contributed by atoms with van der Waals surface area (Å²) in [6.07, 6.45) is 2.31. The molecule has 0 saturated heterocycles. The third kappa shape index (κ3) is 6.21. The maximum absolute atomic E-state index is 12.2. The predicted octanol–water partition coefficient (Wildman–Crippen LogP) is 1.63. The van der Waals surface area contributed by atoms with E-state index in [2.05, 4.69) is 0 Å². The number of hydrogen-bond acceptors (Lipinski definition) is 7. The van der Waals surface area contributed by atoms with Crippen molar-refractivity contribution in [1.29, 1.82) is 0 Å². The number of amides is 2. The Morgan fingerprint density at radius 3 is 2.30 bits per heavy atom. The van der Waals surface area contributed by atoms with Crippen LogP contribution in [0.4, 0.5) is 0 Å². The molecule has 0 aromatic heterocycles. The molecule has 27 heavy (non-hydrogen) atoms. The molecule has 1 aromatic carbocycles. The average molecular weight is 379 g/mol. The van der Waals surface area contributed by atoms with E-state index in [1.54, 1.807) is 24.3 Å². The van der Waals surface area contributed by atoms with Crippen molar-refractivity contribution in [2.24, 2.45) is 0 Å². The summed E-state index contributed by atoms with van der Waals surface area (Å²) >= 11 is 0. The number of ether oxygens (including phenoxy) is 3. The third-order valence-electron chi connectivity index (χ3n) is 3.89. The second-order valence-corrected chi connectivity index (χ2v) is 5.88. The number of imide groups is 1. The van der Waals surface area contributed by atoms with Gasteiger partial charge in [-0.25, -0.2) is 0 Å². The Labute approximate surface area is 158 Å². The van der Waals surface area contributed by atoms with Gasteiger partial charge in [-0.05, 0) is 18.6 Å². The predicted molar refractivity (Wildman–Crippen MR) is 95.2 cm³/mol. The van der Waals surface area contributed by atoms with Crippen molar-refractivity contribution in [3.63, 3.8) is 0 Å². The summed E-state index contributed by atoms with van der Waals surface area (Å²) in [6, 6.07) is 6.61. The minimum absolute atomic E-state index is 0.0629. The van der Waals surface area contributed by atoms with E-state index in [1.807, 2.05) is 6.92 Å². The van der Waals surface area contributed by atoms with Crippen molar-refractivity contribution in [3.8, 4) is 0 Å². The fourth-order valence-corrected chi connectivity index (χ4v) is 2.63. The molecular formula is C19H25NO7. The topological polar surface area (TPSA) is 91.4 Å². The van der Waals surface area contributed by atoms with E-state index in [-0.39, 0.29) is 25.9 Å². The second kappa shape index (κ2) is 11.6. The number of rotatable bonds is 14. The van der Waals surface area contributed by atoms with E-state index in [0.29, 0.717) is 37.2 Å². The van der Waals surface area contributed by atoms with Gasteiger partial charge < -0.3 is 19.0 Å². The number of nitrogens with zero attached hydrogens (tertiary/aromatic N) is 1. The van der Waals surface area contributed by atoms with E-state index >= 15 is 0 Å². The maximum atomic E-state index is 12.2. The first kappa shape index (κ1) is 21.2. The zero-order valence-corrected chi connectivity index (χ0v) is 15.4. The third-order valence-corrected chi connectivity index (χ3v) is 3.89. The van der Waals surface area contributed by atoms with E-state index in [4.69, 9.17) is 19.0 Å². The zero-order chi connectivity index (χ0) is 19.5. The van der Waals surface area contributed by atoms with Gasteiger partial charge in [-0.1, -0.05) is 25.5 Å².